The SMILES string of the molecule is Cn1ccc2cc(-c3cc(=O)c(C(=O)O)cn3-c3ccc(F)cc3F)ccc21. The van der Waals surface area contributed by atoms with E-state index in [0.717, 1.165) is 29.2 Å². The fourth-order valence-electron chi connectivity index (χ4n) is 3.23. The largest absolute Gasteiger partial charge is 0.477 e. The Hall–Kier alpha value is -3.74. The molecule has 0 aliphatic heterocycles. The van der Waals surface area contributed by atoms with Crippen LogP contribution < -0.4 is 5.43 Å². The summed E-state index contributed by atoms with van der Waals surface area (Å²) < 4.78 is 31.0. The van der Waals surface area contributed by atoms with Crippen molar-refractivity contribution in [2.75, 3.05) is 0 Å². The van der Waals surface area contributed by atoms with Crippen LogP contribution in [0.1, 0.15) is 10.4 Å². The van der Waals surface area contributed by atoms with Crippen molar-refractivity contribution in [1.29, 1.82) is 0 Å². The van der Waals surface area contributed by atoms with Crippen molar-refractivity contribution >= 4 is 16.9 Å². The summed E-state index contributed by atoms with van der Waals surface area (Å²) in [7, 11) is 1.90. The highest BCUT2D eigenvalue weighted by Gasteiger charge is 2.17. The number of halogens is 2. The van der Waals surface area contributed by atoms with Gasteiger partial charge in [0.15, 0.2) is 5.43 Å². The third kappa shape index (κ3) is 2.87. The number of fused-ring (bicyclic) bond motifs is 1. The summed E-state index contributed by atoms with van der Waals surface area (Å²) in [5.41, 5.74) is 0.588. The fraction of sp³-hybridized carbons (Fsp3) is 0.0476. The van der Waals surface area contributed by atoms with Gasteiger partial charge in [0.05, 0.1) is 11.4 Å². The molecule has 1 N–H and O–H groups in total. The number of carbonyl (C=O) groups is 1. The van der Waals surface area contributed by atoms with Crippen molar-refractivity contribution in [2.45, 2.75) is 0 Å². The van der Waals surface area contributed by atoms with E-state index in [4.69, 9.17) is 0 Å². The lowest BCUT2D eigenvalue weighted by molar-refractivity contribution is 0.0695. The van der Waals surface area contributed by atoms with Crippen LogP contribution in [0.5, 0.6) is 0 Å². The third-order valence-corrected chi connectivity index (χ3v) is 4.63. The van der Waals surface area contributed by atoms with Crippen molar-refractivity contribution < 1.29 is 18.7 Å². The first-order chi connectivity index (χ1) is 13.3. The molecule has 2 heterocycles. The maximum absolute atomic E-state index is 14.4. The average Bonchev–Trinajstić information content (AvgIpc) is 3.02. The van der Waals surface area contributed by atoms with Crippen LogP contribution in [0.2, 0.25) is 0 Å². The molecule has 4 rings (SSSR count). The third-order valence-electron chi connectivity index (χ3n) is 4.63. The van der Waals surface area contributed by atoms with Crippen LogP contribution in [0.4, 0.5) is 8.78 Å². The number of aromatic carboxylic acids is 1. The lowest BCUT2D eigenvalue weighted by Crippen LogP contribution is -2.18. The van der Waals surface area contributed by atoms with Crippen LogP contribution in [0.25, 0.3) is 27.8 Å². The maximum Gasteiger partial charge on any atom is 0.341 e. The Morgan fingerprint density at radius 1 is 1.04 bits per heavy atom. The zero-order valence-corrected chi connectivity index (χ0v) is 14.7. The first kappa shape index (κ1) is 17.7. The van der Waals surface area contributed by atoms with E-state index in [1.54, 1.807) is 6.07 Å². The number of rotatable bonds is 3. The van der Waals surface area contributed by atoms with Crippen LogP contribution in [0.3, 0.4) is 0 Å². The minimum atomic E-state index is -1.42. The number of nitrogens with zero attached hydrogens (tertiary/aromatic N) is 2. The lowest BCUT2D eigenvalue weighted by atomic mass is 10.1. The molecule has 5 nitrogen and oxygen atoms in total. The molecular weight excluding hydrogens is 366 g/mol. The molecule has 0 aliphatic rings. The van der Waals surface area contributed by atoms with Gasteiger partial charge in [0.2, 0.25) is 0 Å². The first-order valence-electron chi connectivity index (χ1n) is 8.36. The maximum atomic E-state index is 14.4. The van der Waals surface area contributed by atoms with Gasteiger partial charge in [0, 0.05) is 42.5 Å². The molecule has 0 aliphatic carbocycles. The number of carboxylic acids is 1. The van der Waals surface area contributed by atoms with Gasteiger partial charge in [-0.05, 0) is 35.9 Å². The highest BCUT2D eigenvalue weighted by atomic mass is 19.1. The molecule has 0 unspecified atom stereocenters. The normalized spacial score (nSPS) is 11.1. The smallest absolute Gasteiger partial charge is 0.341 e. The minimum Gasteiger partial charge on any atom is -0.477 e. The van der Waals surface area contributed by atoms with Crippen LogP contribution in [-0.4, -0.2) is 20.2 Å². The molecule has 2 aromatic heterocycles. The van der Waals surface area contributed by atoms with Crippen molar-refractivity contribution in [2.24, 2.45) is 7.05 Å². The Bertz CT molecular complexity index is 1300. The molecule has 4 aromatic rings. The Balaban J connectivity index is 2.03. The van der Waals surface area contributed by atoms with Gasteiger partial charge in [-0.3, -0.25) is 4.79 Å². The van der Waals surface area contributed by atoms with E-state index >= 15 is 0 Å². The van der Waals surface area contributed by atoms with E-state index < -0.39 is 28.6 Å². The Morgan fingerprint density at radius 3 is 2.54 bits per heavy atom. The second kappa shape index (κ2) is 6.45. The van der Waals surface area contributed by atoms with E-state index in [9.17, 15) is 23.5 Å². The number of pyridine rings is 1. The Morgan fingerprint density at radius 2 is 1.82 bits per heavy atom. The molecule has 0 bridgehead atoms. The molecule has 0 radical (unpaired) electrons. The second-order valence-corrected chi connectivity index (χ2v) is 6.41. The predicted octanol–water partition coefficient (Wildman–Crippen LogP) is 3.97. The second-order valence-electron chi connectivity index (χ2n) is 6.41. The van der Waals surface area contributed by atoms with Gasteiger partial charge >= 0.3 is 5.97 Å². The van der Waals surface area contributed by atoms with Crippen molar-refractivity contribution in [3.63, 3.8) is 0 Å². The quantitative estimate of drug-likeness (QED) is 0.585. The monoisotopic (exact) mass is 380 g/mol. The number of aryl methyl sites for hydroxylation is 1. The molecule has 2 aromatic carbocycles. The highest BCUT2D eigenvalue weighted by Crippen LogP contribution is 2.27. The zero-order valence-electron chi connectivity index (χ0n) is 14.7. The molecule has 140 valence electrons. The standard InChI is InChI=1S/C21H14F2N2O3/c1-24-7-6-13-8-12(2-4-17(13)24)19-10-20(26)15(21(27)28)11-25(19)18-5-3-14(22)9-16(18)23/h2-11H,1H3,(H,27,28). The fourth-order valence-corrected chi connectivity index (χ4v) is 3.23. The predicted molar refractivity (Wildman–Crippen MR) is 101 cm³/mol. The summed E-state index contributed by atoms with van der Waals surface area (Å²) in [6, 6.07) is 11.5. The summed E-state index contributed by atoms with van der Waals surface area (Å²) in [5.74, 6) is -3.05. The first-order valence-corrected chi connectivity index (χ1v) is 8.36. The summed E-state index contributed by atoms with van der Waals surface area (Å²) in [4.78, 5) is 23.7. The number of hydrogen-bond donors (Lipinski definition) is 1. The molecular formula is C21H14F2N2O3. The number of carboxylic acid groups (broad SMARTS) is 1. The average molecular weight is 380 g/mol. The molecule has 28 heavy (non-hydrogen) atoms. The molecule has 7 heteroatoms. The molecule has 0 saturated carbocycles. The van der Waals surface area contributed by atoms with Crippen molar-refractivity contribution in [1.82, 2.24) is 9.13 Å². The Labute approximate surface area is 157 Å². The van der Waals surface area contributed by atoms with E-state index in [0.29, 0.717) is 17.3 Å². The molecule has 0 saturated heterocycles. The number of hydrogen-bond acceptors (Lipinski definition) is 2. The van der Waals surface area contributed by atoms with Crippen LogP contribution in [-0.2, 0) is 7.05 Å². The number of aromatic nitrogens is 2. The number of benzene rings is 2. The Kier molecular flexibility index (Phi) is 4.07. The van der Waals surface area contributed by atoms with E-state index in [1.165, 1.54) is 10.6 Å². The van der Waals surface area contributed by atoms with Gasteiger partial charge in [0.1, 0.15) is 17.2 Å². The van der Waals surface area contributed by atoms with Crippen molar-refractivity contribution in [3.05, 3.63) is 88.3 Å². The van der Waals surface area contributed by atoms with Gasteiger partial charge in [-0.25, -0.2) is 13.6 Å². The minimum absolute atomic E-state index is 0.0629. The summed E-state index contributed by atoms with van der Waals surface area (Å²) >= 11 is 0. The topological polar surface area (TPSA) is 64.2 Å². The summed E-state index contributed by atoms with van der Waals surface area (Å²) in [5, 5.41) is 10.2. The van der Waals surface area contributed by atoms with Gasteiger partial charge < -0.3 is 14.2 Å². The summed E-state index contributed by atoms with van der Waals surface area (Å²) in [6.45, 7) is 0. The zero-order chi connectivity index (χ0) is 20.0. The van der Waals surface area contributed by atoms with Crippen LogP contribution in [0.15, 0.2) is 65.7 Å². The van der Waals surface area contributed by atoms with Crippen molar-refractivity contribution in [3.8, 4) is 16.9 Å². The van der Waals surface area contributed by atoms with Gasteiger partial charge in [0.25, 0.3) is 0 Å². The molecule has 0 amide bonds. The lowest BCUT2D eigenvalue weighted by Gasteiger charge is -2.16. The van der Waals surface area contributed by atoms with E-state index in [1.807, 2.05) is 36.0 Å². The van der Waals surface area contributed by atoms with Crippen LogP contribution in [0, 0.1) is 11.6 Å². The highest BCUT2D eigenvalue weighted by molar-refractivity contribution is 5.89. The molecule has 0 spiro atoms. The van der Waals surface area contributed by atoms with Gasteiger partial charge in [-0.15, -0.1) is 0 Å². The van der Waals surface area contributed by atoms with Gasteiger partial charge in [-0.1, -0.05) is 6.07 Å². The molecule has 0 atom stereocenters. The van der Waals surface area contributed by atoms with E-state index in [-0.39, 0.29) is 5.69 Å². The van der Waals surface area contributed by atoms with Gasteiger partial charge in [-0.2, -0.15) is 0 Å². The summed E-state index contributed by atoms with van der Waals surface area (Å²) in [6.07, 6.45) is 2.94. The van der Waals surface area contributed by atoms with E-state index in [2.05, 4.69) is 0 Å². The molecule has 0 fully saturated rings. The van der Waals surface area contributed by atoms with Crippen LogP contribution >= 0.6 is 0 Å².